The van der Waals surface area contributed by atoms with Gasteiger partial charge in [0.2, 0.25) is 5.91 Å². The first-order chi connectivity index (χ1) is 11.6. The van der Waals surface area contributed by atoms with Crippen molar-refractivity contribution in [1.29, 1.82) is 0 Å². The van der Waals surface area contributed by atoms with Gasteiger partial charge in [-0.05, 0) is 55.3 Å². The summed E-state index contributed by atoms with van der Waals surface area (Å²) in [5.41, 5.74) is 2.55. The Morgan fingerprint density at radius 3 is 2.68 bits per heavy atom. The number of benzene rings is 1. The molecule has 1 atom stereocenters. The number of nitrogens with one attached hydrogen (secondary N) is 1. The molecule has 0 fully saturated rings. The van der Waals surface area contributed by atoms with Crippen LogP contribution in [-0.4, -0.2) is 29.2 Å². The maximum Gasteiger partial charge on any atom is 0.339 e. The van der Waals surface area contributed by atoms with Gasteiger partial charge in [0.25, 0.3) is 0 Å². The molecule has 0 spiro atoms. The molecule has 1 aromatic heterocycles. The van der Waals surface area contributed by atoms with Crippen LogP contribution < -0.4 is 5.32 Å². The van der Waals surface area contributed by atoms with Crippen molar-refractivity contribution in [2.24, 2.45) is 0 Å². The molecule has 3 rings (SSSR count). The molecule has 1 aliphatic rings. The van der Waals surface area contributed by atoms with Crippen molar-refractivity contribution in [1.82, 2.24) is 4.57 Å². The Labute approximate surface area is 154 Å². The zero-order valence-electron chi connectivity index (χ0n) is 14.9. The lowest BCUT2D eigenvalue weighted by Gasteiger charge is -2.29. The quantitative estimate of drug-likeness (QED) is 0.786. The predicted molar refractivity (Wildman–Crippen MR) is 98.6 cm³/mol. The van der Waals surface area contributed by atoms with Gasteiger partial charge in [-0.2, -0.15) is 0 Å². The van der Waals surface area contributed by atoms with E-state index in [4.69, 9.17) is 9.47 Å². The smallest absolute Gasteiger partial charge is 0.339 e. The molecule has 0 bridgehead atoms. The van der Waals surface area contributed by atoms with Crippen molar-refractivity contribution in [3.05, 3.63) is 27.9 Å². The van der Waals surface area contributed by atoms with Crippen LogP contribution in [0, 0.1) is 6.92 Å². The van der Waals surface area contributed by atoms with Crippen LogP contribution in [0.5, 0.6) is 0 Å². The standard InChI is InChI=1S/C18H21BrN2O4/c1-9-12(16(17(23)24-5)25-18(2,3)4)13(19)10-6-7-21-8-11(22)20-14(9)15(10)21/h6-7,16H,8H2,1-5H3,(H,20,22)/t16-/m0/s1. The van der Waals surface area contributed by atoms with E-state index in [0.29, 0.717) is 11.3 Å². The summed E-state index contributed by atoms with van der Waals surface area (Å²) in [7, 11) is 1.34. The normalized spacial score (nSPS) is 15.2. The first kappa shape index (κ1) is 17.9. The van der Waals surface area contributed by atoms with E-state index in [1.165, 1.54) is 7.11 Å². The van der Waals surface area contributed by atoms with Gasteiger partial charge in [-0.25, -0.2) is 4.79 Å². The number of rotatable bonds is 3. The highest BCUT2D eigenvalue weighted by molar-refractivity contribution is 9.10. The molecule has 2 aromatic rings. The van der Waals surface area contributed by atoms with Gasteiger partial charge in [-0.15, -0.1) is 0 Å². The Morgan fingerprint density at radius 1 is 1.40 bits per heavy atom. The Balaban J connectivity index is 2.28. The third-order valence-corrected chi connectivity index (χ3v) is 5.03. The van der Waals surface area contributed by atoms with Gasteiger partial charge in [0.1, 0.15) is 6.54 Å². The second-order valence-corrected chi connectivity index (χ2v) is 7.91. The molecule has 1 amide bonds. The van der Waals surface area contributed by atoms with Gasteiger partial charge in [-0.1, -0.05) is 0 Å². The average Bonchev–Trinajstić information content (AvgIpc) is 2.94. The number of hydrogen-bond acceptors (Lipinski definition) is 4. The lowest BCUT2D eigenvalue weighted by atomic mass is 9.97. The molecule has 0 saturated heterocycles. The summed E-state index contributed by atoms with van der Waals surface area (Å²) in [6.07, 6.45) is 0.973. The molecule has 7 heteroatoms. The van der Waals surface area contributed by atoms with E-state index in [1.54, 1.807) is 0 Å². The van der Waals surface area contributed by atoms with Gasteiger partial charge in [0, 0.05) is 21.6 Å². The van der Waals surface area contributed by atoms with Crippen LogP contribution in [0.25, 0.3) is 10.9 Å². The van der Waals surface area contributed by atoms with Crippen molar-refractivity contribution < 1.29 is 19.1 Å². The largest absolute Gasteiger partial charge is 0.467 e. The molecular formula is C18H21BrN2O4. The van der Waals surface area contributed by atoms with Gasteiger partial charge in [0.05, 0.1) is 23.9 Å². The highest BCUT2D eigenvalue weighted by Crippen LogP contribution is 2.44. The van der Waals surface area contributed by atoms with Crippen LogP contribution in [0.4, 0.5) is 5.69 Å². The maximum absolute atomic E-state index is 12.5. The molecule has 0 unspecified atom stereocenters. The van der Waals surface area contributed by atoms with Crippen LogP contribution in [0.1, 0.15) is 38.0 Å². The summed E-state index contributed by atoms with van der Waals surface area (Å²) < 4.78 is 13.7. The number of esters is 1. The number of aromatic nitrogens is 1. The first-order valence-electron chi connectivity index (χ1n) is 8.00. The number of methoxy groups -OCH3 is 1. The molecule has 6 nitrogen and oxygen atoms in total. The molecule has 1 aromatic carbocycles. The van der Waals surface area contributed by atoms with Crippen LogP contribution in [0.15, 0.2) is 16.7 Å². The second kappa shape index (κ2) is 6.14. The van der Waals surface area contributed by atoms with Crippen LogP contribution in [0.3, 0.4) is 0 Å². The Bertz CT molecular complexity index is 880. The van der Waals surface area contributed by atoms with E-state index in [9.17, 15) is 9.59 Å². The average molecular weight is 409 g/mol. The monoisotopic (exact) mass is 408 g/mol. The second-order valence-electron chi connectivity index (χ2n) is 7.12. The number of nitrogens with zero attached hydrogens (tertiary/aromatic N) is 1. The van der Waals surface area contributed by atoms with E-state index < -0.39 is 17.7 Å². The van der Waals surface area contributed by atoms with E-state index in [-0.39, 0.29) is 12.5 Å². The summed E-state index contributed by atoms with van der Waals surface area (Å²) in [5, 5.41) is 3.85. The summed E-state index contributed by atoms with van der Waals surface area (Å²) in [6, 6.07) is 1.93. The lowest BCUT2D eigenvalue weighted by Crippen LogP contribution is -2.30. The zero-order valence-corrected chi connectivity index (χ0v) is 16.5. The van der Waals surface area contributed by atoms with Crippen LogP contribution >= 0.6 is 15.9 Å². The number of ether oxygens (including phenoxy) is 2. The summed E-state index contributed by atoms with van der Waals surface area (Å²) >= 11 is 3.64. The summed E-state index contributed by atoms with van der Waals surface area (Å²) in [4.78, 5) is 24.5. The van der Waals surface area contributed by atoms with Crippen LogP contribution in [0.2, 0.25) is 0 Å². The molecule has 134 valence electrons. The molecule has 0 saturated carbocycles. The van der Waals surface area contributed by atoms with Gasteiger partial charge in [0.15, 0.2) is 6.10 Å². The van der Waals surface area contributed by atoms with Gasteiger partial charge in [-0.3, -0.25) is 4.79 Å². The maximum atomic E-state index is 12.5. The van der Waals surface area contributed by atoms with Crippen molar-refractivity contribution in [2.45, 2.75) is 45.9 Å². The first-order valence-corrected chi connectivity index (χ1v) is 8.79. The molecule has 0 radical (unpaired) electrons. The number of carbonyl (C=O) groups is 2. The van der Waals surface area contributed by atoms with Crippen molar-refractivity contribution in [3.8, 4) is 0 Å². The fourth-order valence-corrected chi connectivity index (χ4v) is 3.99. The van der Waals surface area contributed by atoms with E-state index in [0.717, 1.165) is 20.9 Å². The molecule has 0 aliphatic carbocycles. The SMILES string of the molecule is COC(=O)[C@@H](OC(C)(C)C)c1c(C)c2c3c(ccn3CC(=O)N2)c1Br. The molecule has 2 heterocycles. The highest BCUT2D eigenvalue weighted by atomic mass is 79.9. The zero-order chi connectivity index (χ0) is 18.5. The van der Waals surface area contributed by atoms with Crippen molar-refractivity contribution in [3.63, 3.8) is 0 Å². The fourth-order valence-electron chi connectivity index (χ4n) is 3.17. The molecule has 1 aliphatic heterocycles. The van der Waals surface area contributed by atoms with Crippen molar-refractivity contribution in [2.75, 3.05) is 12.4 Å². The van der Waals surface area contributed by atoms with Gasteiger partial charge < -0.3 is 19.4 Å². The van der Waals surface area contributed by atoms with Crippen LogP contribution in [-0.2, 0) is 25.6 Å². The lowest BCUT2D eigenvalue weighted by molar-refractivity contribution is -0.164. The number of carbonyl (C=O) groups excluding carboxylic acids is 2. The fraction of sp³-hybridized carbons (Fsp3) is 0.444. The minimum Gasteiger partial charge on any atom is -0.467 e. The Kier molecular flexibility index (Phi) is 4.41. The number of anilines is 1. The summed E-state index contributed by atoms with van der Waals surface area (Å²) in [6.45, 7) is 7.80. The summed E-state index contributed by atoms with van der Waals surface area (Å²) in [5.74, 6) is -0.570. The highest BCUT2D eigenvalue weighted by Gasteiger charge is 2.34. The number of amides is 1. The molecule has 25 heavy (non-hydrogen) atoms. The van der Waals surface area contributed by atoms with E-state index in [1.807, 2.05) is 44.5 Å². The molecule has 1 N–H and O–H groups in total. The number of halogens is 1. The minimum absolute atomic E-state index is 0.0901. The van der Waals surface area contributed by atoms with E-state index >= 15 is 0 Å². The van der Waals surface area contributed by atoms with Gasteiger partial charge >= 0.3 is 5.97 Å². The Hall–Kier alpha value is -1.86. The third kappa shape index (κ3) is 3.06. The molecular weight excluding hydrogens is 388 g/mol. The topological polar surface area (TPSA) is 69.6 Å². The van der Waals surface area contributed by atoms with Crippen molar-refractivity contribution >= 4 is 44.4 Å². The van der Waals surface area contributed by atoms with E-state index in [2.05, 4.69) is 21.2 Å². The Morgan fingerprint density at radius 2 is 2.08 bits per heavy atom. The third-order valence-electron chi connectivity index (χ3n) is 4.18. The predicted octanol–water partition coefficient (Wildman–Crippen LogP) is 3.69. The minimum atomic E-state index is -0.901. The number of hydrogen-bond donors (Lipinski definition) is 1.